The lowest BCUT2D eigenvalue weighted by molar-refractivity contribution is -0.927. The summed E-state index contributed by atoms with van der Waals surface area (Å²) in [5.74, 6) is 2.54. The van der Waals surface area contributed by atoms with Gasteiger partial charge in [-0.2, -0.15) is 0 Å². The molecule has 1 saturated carbocycles. The van der Waals surface area contributed by atoms with Crippen LogP contribution in [-0.4, -0.2) is 43.0 Å². The van der Waals surface area contributed by atoms with Crippen LogP contribution in [0.1, 0.15) is 61.1 Å². The predicted molar refractivity (Wildman–Crippen MR) is 152 cm³/mol. The van der Waals surface area contributed by atoms with Crippen LogP contribution in [0, 0.1) is 24.6 Å². The number of quaternary nitrogens is 1. The number of halogens is 1. The number of fused-ring (bicyclic) bond motifs is 1. The first-order chi connectivity index (χ1) is 19.9. The molecule has 1 aromatic heterocycles. The molecule has 1 aliphatic carbocycles. The molecule has 1 N–H and O–H groups in total. The minimum atomic E-state index is -0.500. The lowest BCUT2D eigenvalue weighted by Gasteiger charge is -2.23. The van der Waals surface area contributed by atoms with Crippen molar-refractivity contribution in [2.75, 3.05) is 19.8 Å². The second kappa shape index (κ2) is 14.2. The second-order valence-corrected chi connectivity index (χ2v) is 10.7. The molecule has 3 aromatic rings. The lowest BCUT2D eigenvalue weighted by Crippen LogP contribution is -3.12. The number of likely N-dealkylation sites (tertiary alicyclic amines) is 1. The summed E-state index contributed by atoms with van der Waals surface area (Å²) in [4.78, 5) is 27.1. The fourth-order valence-electron chi connectivity index (χ4n) is 6.54. The SMILES string of the molecule is CCOc1cc(C[NH+]2CC[C@H]3C(CC(=O)c4ccc(C)nc4)CC[C@H]32)cc(OCC)c1-c1ccc(F)cc1.O=C[O-]. The van der Waals surface area contributed by atoms with E-state index in [2.05, 4.69) is 17.1 Å². The first-order valence-electron chi connectivity index (χ1n) is 14.4. The van der Waals surface area contributed by atoms with Crippen LogP contribution < -0.4 is 19.5 Å². The van der Waals surface area contributed by atoms with E-state index in [1.807, 2.05) is 32.9 Å². The fourth-order valence-corrected chi connectivity index (χ4v) is 6.54. The number of carbonyl (C=O) groups excluding carboxylic acids is 2. The minimum Gasteiger partial charge on any atom is -0.554 e. The first-order valence-corrected chi connectivity index (χ1v) is 14.4. The summed E-state index contributed by atoms with van der Waals surface area (Å²) in [6.45, 7) is 8.48. The predicted octanol–water partition coefficient (Wildman–Crippen LogP) is 3.82. The van der Waals surface area contributed by atoms with Crippen molar-refractivity contribution < 1.29 is 33.5 Å². The van der Waals surface area contributed by atoms with E-state index >= 15 is 0 Å². The van der Waals surface area contributed by atoms with Gasteiger partial charge in [0.15, 0.2) is 5.78 Å². The maximum Gasteiger partial charge on any atom is 0.164 e. The molecule has 7 nitrogen and oxygen atoms in total. The van der Waals surface area contributed by atoms with Crippen molar-refractivity contribution in [2.24, 2.45) is 11.8 Å². The number of aryl methyl sites for hydroxylation is 1. The summed E-state index contributed by atoms with van der Waals surface area (Å²) in [5.41, 5.74) is 4.60. The molecule has 41 heavy (non-hydrogen) atoms. The third-order valence-electron chi connectivity index (χ3n) is 8.26. The monoisotopic (exact) mass is 562 g/mol. The van der Waals surface area contributed by atoms with Crippen LogP contribution in [0.2, 0.25) is 0 Å². The Morgan fingerprint density at radius 3 is 2.29 bits per heavy atom. The molecule has 4 atom stereocenters. The van der Waals surface area contributed by atoms with E-state index in [0.29, 0.717) is 37.5 Å². The minimum absolute atomic E-state index is 0.218. The van der Waals surface area contributed by atoms with Crippen LogP contribution in [0.3, 0.4) is 0 Å². The topological polar surface area (TPSA) is 93.0 Å². The van der Waals surface area contributed by atoms with Gasteiger partial charge in [0.2, 0.25) is 0 Å². The first kappa shape index (κ1) is 30.2. The number of ketones is 1. The third kappa shape index (κ3) is 7.30. The van der Waals surface area contributed by atoms with E-state index in [-0.39, 0.29) is 11.6 Å². The van der Waals surface area contributed by atoms with Gasteiger partial charge in [0.25, 0.3) is 0 Å². The zero-order valence-corrected chi connectivity index (χ0v) is 24.0. The Hall–Kier alpha value is -3.78. The molecule has 1 saturated heterocycles. The second-order valence-electron chi connectivity index (χ2n) is 10.7. The third-order valence-corrected chi connectivity index (χ3v) is 8.26. The highest BCUT2D eigenvalue weighted by molar-refractivity contribution is 5.95. The summed E-state index contributed by atoms with van der Waals surface area (Å²) in [6.07, 6.45) is 5.77. The van der Waals surface area contributed by atoms with Crippen LogP contribution in [0.4, 0.5) is 4.39 Å². The summed E-state index contributed by atoms with van der Waals surface area (Å²) in [5, 5.41) is 8.25. The van der Waals surface area contributed by atoms with Gasteiger partial charge < -0.3 is 24.3 Å². The van der Waals surface area contributed by atoms with Gasteiger partial charge in [-0.25, -0.2) is 4.39 Å². The Balaban J connectivity index is 0.00000124. The van der Waals surface area contributed by atoms with Crippen molar-refractivity contribution in [2.45, 2.75) is 59.0 Å². The molecule has 2 aromatic carbocycles. The number of hydrogen-bond acceptors (Lipinski definition) is 6. The molecular formula is C33H39FN2O5. The number of hydrogen-bond donors (Lipinski definition) is 1. The Kier molecular flexibility index (Phi) is 10.5. The molecule has 218 valence electrons. The van der Waals surface area contributed by atoms with E-state index in [4.69, 9.17) is 19.4 Å². The molecule has 1 aliphatic heterocycles. The summed E-state index contributed by atoms with van der Waals surface area (Å²) >= 11 is 0. The number of carbonyl (C=O) groups is 2. The van der Waals surface area contributed by atoms with Crippen molar-refractivity contribution >= 4 is 12.3 Å². The smallest absolute Gasteiger partial charge is 0.164 e. The summed E-state index contributed by atoms with van der Waals surface area (Å²) in [6, 6.07) is 15.2. The van der Waals surface area contributed by atoms with Gasteiger partial charge in [0.1, 0.15) is 23.9 Å². The Bertz CT molecular complexity index is 1290. The zero-order valence-electron chi connectivity index (χ0n) is 24.0. The largest absolute Gasteiger partial charge is 0.554 e. The number of nitrogens with one attached hydrogen (secondary N) is 1. The molecule has 2 heterocycles. The van der Waals surface area contributed by atoms with Crippen LogP contribution in [0.15, 0.2) is 54.7 Å². The van der Waals surface area contributed by atoms with Crippen molar-refractivity contribution in [1.82, 2.24) is 4.98 Å². The lowest BCUT2D eigenvalue weighted by atomic mass is 9.88. The van der Waals surface area contributed by atoms with Crippen molar-refractivity contribution in [3.63, 3.8) is 0 Å². The van der Waals surface area contributed by atoms with Gasteiger partial charge >= 0.3 is 0 Å². The van der Waals surface area contributed by atoms with Gasteiger partial charge in [-0.3, -0.25) is 9.78 Å². The Morgan fingerprint density at radius 1 is 1.05 bits per heavy atom. The van der Waals surface area contributed by atoms with E-state index in [0.717, 1.165) is 66.2 Å². The number of pyridine rings is 1. The Labute approximate surface area is 241 Å². The van der Waals surface area contributed by atoms with E-state index in [9.17, 15) is 9.18 Å². The molecule has 2 unspecified atom stereocenters. The summed E-state index contributed by atoms with van der Waals surface area (Å²) in [7, 11) is 0. The van der Waals surface area contributed by atoms with Crippen LogP contribution in [-0.2, 0) is 11.3 Å². The maximum atomic E-state index is 13.6. The molecule has 8 heteroatoms. The Morgan fingerprint density at radius 2 is 1.71 bits per heavy atom. The van der Waals surface area contributed by atoms with Gasteiger partial charge in [-0.05, 0) is 81.5 Å². The normalized spacial score (nSPS) is 21.0. The van der Waals surface area contributed by atoms with Crippen LogP contribution >= 0.6 is 0 Å². The number of ether oxygens (including phenoxy) is 2. The van der Waals surface area contributed by atoms with E-state index < -0.39 is 6.47 Å². The van der Waals surface area contributed by atoms with Crippen molar-refractivity contribution in [3.05, 3.63) is 77.4 Å². The van der Waals surface area contributed by atoms with Crippen molar-refractivity contribution in [3.8, 4) is 22.6 Å². The van der Waals surface area contributed by atoms with Gasteiger partial charge in [0.05, 0.1) is 31.4 Å². The molecule has 0 bridgehead atoms. The maximum absolute atomic E-state index is 13.6. The average Bonchev–Trinajstić information content (AvgIpc) is 3.54. The van der Waals surface area contributed by atoms with Crippen molar-refractivity contribution in [1.29, 1.82) is 0 Å². The molecule has 0 spiro atoms. The molecule has 2 fully saturated rings. The van der Waals surface area contributed by atoms with E-state index in [1.165, 1.54) is 17.7 Å². The highest BCUT2D eigenvalue weighted by atomic mass is 19.1. The molecule has 0 amide bonds. The number of nitrogens with zero attached hydrogens (tertiary/aromatic N) is 1. The van der Waals surface area contributed by atoms with Gasteiger partial charge in [-0.1, -0.05) is 12.1 Å². The average molecular weight is 563 g/mol. The molecule has 0 radical (unpaired) electrons. The fraction of sp³-hybridized carbons (Fsp3) is 0.424. The number of rotatable bonds is 10. The van der Waals surface area contributed by atoms with Gasteiger partial charge in [-0.15, -0.1) is 0 Å². The number of aromatic nitrogens is 1. The molecule has 2 aliphatic rings. The highest BCUT2D eigenvalue weighted by Gasteiger charge is 2.47. The van der Waals surface area contributed by atoms with Crippen LogP contribution in [0.25, 0.3) is 11.1 Å². The number of benzene rings is 2. The highest BCUT2D eigenvalue weighted by Crippen LogP contribution is 2.41. The summed E-state index contributed by atoms with van der Waals surface area (Å²) < 4.78 is 25.8. The zero-order chi connectivity index (χ0) is 29.4. The standard InChI is InChI=1S/C32H37FN2O3.CH2O2/c1-4-37-30-16-22(17-31(38-5-2)32(30)23-8-11-26(33)12-9-23)20-35-15-14-27-24(10-13-28(27)35)18-29(36)25-7-6-21(3)34-19-25;2-1-3/h6-9,11-12,16-17,19,24,27-28H,4-5,10,13-15,18,20H2,1-3H3;1H,(H,2,3)/t24?,27-,28+;/m0./s1. The molecule has 5 rings (SSSR count). The van der Waals surface area contributed by atoms with Crippen LogP contribution in [0.5, 0.6) is 11.5 Å². The number of Topliss-reactive ketones (excluding diaryl/α,β-unsaturated/α-hetero) is 1. The van der Waals surface area contributed by atoms with Gasteiger partial charge in [0, 0.05) is 48.2 Å². The quantitative estimate of drug-likeness (QED) is 0.298. The number of carboxylic acid groups (broad SMARTS) is 1. The van der Waals surface area contributed by atoms with E-state index in [1.54, 1.807) is 23.2 Å². The molecular weight excluding hydrogens is 523 g/mol.